The van der Waals surface area contributed by atoms with Crippen LogP contribution in [0.1, 0.15) is 49.9 Å². The molecule has 0 heterocycles. The fourth-order valence-corrected chi connectivity index (χ4v) is 5.96. The molecule has 1 aromatic carbocycles. The fraction of sp³-hybridized carbons (Fsp3) is 0.444. The standard InChI is InChI=1S/C18H25O3Si/c1-4-22(5-2,6-3)17-13-11-15(12-14-17)18(19)21-20-16-9-7-8-10-16/h4,11-14H,1,5-10H2,2-3H3. The Morgan fingerprint density at radius 3 is 2.27 bits per heavy atom. The van der Waals surface area contributed by atoms with Gasteiger partial charge in [0.2, 0.25) is 0 Å². The molecule has 0 bridgehead atoms. The van der Waals surface area contributed by atoms with E-state index in [1.807, 2.05) is 24.3 Å². The molecule has 0 amide bonds. The molecule has 0 unspecified atom stereocenters. The minimum absolute atomic E-state index is 0.426. The van der Waals surface area contributed by atoms with E-state index in [2.05, 4.69) is 26.1 Å². The van der Waals surface area contributed by atoms with Gasteiger partial charge in [-0.1, -0.05) is 61.8 Å². The van der Waals surface area contributed by atoms with Crippen LogP contribution in [-0.4, -0.2) is 14.0 Å². The van der Waals surface area contributed by atoms with Crippen LogP contribution in [0.5, 0.6) is 0 Å². The summed E-state index contributed by atoms with van der Waals surface area (Å²) >= 11 is 0. The second-order valence-electron chi connectivity index (χ2n) is 5.84. The summed E-state index contributed by atoms with van der Waals surface area (Å²) in [7, 11) is -1.61. The van der Waals surface area contributed by atoms with Gasteiger partial charge in [-0.3, -0.25) is 4.89 Å². The van der Waals surface area contributed by atoms with Crippen molar-refractivity contribution in [3.8, 4) is 0 Å². The number of benzene rings is 1. The van der Waals surface area contributed by atoms with Gasteiger partial charge in [-0.2, -0.15) is 4.89 Å². The summed E-state index contributed by atoms with van der Waals surface area (Å²) in [6.45, 7) is 8.46. The predicted octanol–water partition coefficient (Wildman–Crippen LogP) is 4.30. The number of carbonyl (C=O) groups excluding carboxylic acids is 1. The Morgan fingerprint density at radius 1 is 1.18 bits per heavy atom. The minimum atomic E-state index is -1.61. The topological polar surface area (TPSA) is 35.5 Å². The van der Waals surface area contributed by atoms with Crippen LogP contribution in [0.4, 0.5) is 0 Å². The largest absolute Gasteiger partial charge is 0.373 e. The highest BCUT2D eigenvalue weighted by Crippen LogP contribution is 2.28. The Kier molecular flexibility index (Phi) is 5.97. The molecule has 0 aromatic heterocycles. The van der Waals surface area contributed by atoms with Crippen LogP contribution in [-0.2, 0) is 9.78 Å². The molecule has 0 aliphatic heterocycles. The lowest BCUT2D eigenvalue weighted by Crippen LogP contribution is -2.44. The van der Waals surface area contributed by atoms with E-state index < -0.39 is 14.0 Å². The highest BCUT2D eigenvalue weighted by molar-refractivity contribution is 6.95. The molecule has 0 spiro atoms. The zero-order valence-electron chi connectivity index (χ0n) is 13.6. The summed E-state index contributed by atoms with van der Waals surface area (Å²) in [5, 5.41) is 1.31. The Balaban J connectivity index is 2.01. The number of hydrogen-bond donors (Lipinski definition) is 0. The van der Waals surface area contributed by atoms with E-state index in [9.17, 15) is 4.79 Å². The summed E-state index contributed by atoms with van der Waals surface area (Å²) in [5.74, 6) is -0.426. The maximum atomic E-state index is 12.0. The van der Waals surface area contributed by atoms with Crippen molar-refractivity contribution in [2.45, 2.75) is 51.6 Å². The van der Waals surface area contributed by atoms with Crippen LogP contribution in [0.15, 0.2) is 36.5 Å². The van der Waals surface area contributed by atoms with Crippen molar-refractivity contribution in [3.63, 3.8) is 0 Å². The fourth-order valence-electron chi connectivity index (χ4n) is 3.00. The summed E-state index contributed by atoms with van der Waals surface area (Å²) in [6, 6.07) is 9.99. The van der Waals surface area contributed by atoms with E-state index in [-0.39, 0.29) is 0 Å². The monoisotopic (exact) mass is 317 g/mol. The molecular weight excluding hydrogens is 292 g/mol. The first-order valence-corrected chi connectivity index (χ1v) is 10.6. The summed E-state index contributed by atoms with van der Waals surface area (Å²) in [6.07, 6.45) is 4.90. The van der Waals surface area contributed by atoms with Crippen LogP contribution in [0.3, 0.4) is 0 Å². The van der Waals surface area contributed by atoms with Gasteiger partial charge in [-0.15, -0.1) is 6.58 Å². The van der Waals surface area contributed by atoms with Crippen molar-refractivity contribution < 1.29 is 14.6 Å². The third-order valence-corrected chi connectivity index (χ3v) is 9.53. The predicted molar refractivity (Wildman–Crippen MR) is 91.2 cm³/mol. The van der Waals surface area contributed by atoms with E-state index in [1.54, 1.807) is 0 Å². The molecule has 1 radical (unpaired) electrons. The van der Waals surface area contributed by atoms with Crippen molar-refractivity contribution >= 4 is 19.2 Å². The molecule has 1 fully saturated rings. The smallest absolute Gasteiger partial charge is 0.292 e. The van der Waals surface area contributed by atoms with Crippen molar-refractivity contribution in [1.82, 2.24) is 0 Å². The molecule has 1 saturated carbocycles. The average Bonchev–Trinajstić information content (AvgIpc) is 3.09. The van der Waals surface area contributed by atoms with Gasteiger partial charge in [-0.25, -0.2) is 4.79 Å². The third-order valence-electron chi connectivity index (χ3n) is 4.74. The SMILES string of the molecule is C=C[Si](CC)(CC)c1ccc(C(=O)OO[C]2CCCC2)cc1. The quantitative estimate of drug-likeness (QED) is 0.427. The maximum absolute atomic E-state index is 12.0. The normalized spacial score (nSPS) is 15.7. The van der Waals surface area contributed by atoms with Gasteiger partial charge in [0, 0.05) is 0 Å². The molecule has 0 atom stereocenters. The zero-order valence-corrected chi connectivity index (χ0v) is 14.6. The van der Waals surface area contributed by atoms with Crippen LogP contribution >= 0.6 is 0 Å². The Hall–Kier alpha value is -1.39. The molecule has 2 rings (SSSR count). The van der Waals surface area contributed by atoms with Crippen LogP contribution in [0.25, 0.3) is 0 Å². The summed E-state index contributed by atoms with van der Waals surface area (Å²) in [5.41, 5.74) is 2.67. The van der Waals surface area contributed by atoms with Gasteiger partial charge >= 0.3 is 5.97 Å². The molecule has 3 nitrogen and oxygen atoms in total. The van der Waals surface area contributed by atoms with Crippen molar-refractivity contribution in [3.05, 3.63) is 48.2 Å². The minimum Gasteiger partial charge on any atom is -0.292 e. The van der Waals surface area contributed by atoms with Gasteiger partial charge in [-0.05, 0) is 25.0 Å². The van der Waals surface area contributed by atoms with E-state index in [4.69, 9.17) is 9.78 Å². The first kappa shape index (κ1) is 17.0. The zero-order chi connectivity index (χ0) is 16.0. The lowest BCUT2D eigenvalue weighted by molar-refractivity contribution is -0.234. The molecule has 0 saturated heterocycles. The second kappa shape index (κ2) is 7.74. The highest BCUT2D eigenvalue weighted by Gasteiger charge is 2.27. The average molecular weight is 317 g/mol. The lowest BCUT2D eigenvalue weighted by atomic mass is 10.2. The van der Waals surface area contributed by atoms with E-state index in [0.29, 0.717) is 5.56 Å². The van der Waals surface area contributed by atoms with Crippen LogP contribution in [0.2, 0.25) is 12.1 Å². The van der Waals surface area contributed by atoms with Gasteiger partial charge in [0.05, 0.1) is 5.56 Å². The maximum Gasteiger partial charge on any atom is 0.373 e. The summed E-state index contributed by atoms with van der Waals surface area (Å²) < 4.78 is 0. The lowest BCUT2D eigenvalue weighted by Gasteiger charge is -2.25. The highest BCUT2D eigenvalue weighted by atomic mass is 28.3. The second-order valence-corrected chi connectivity index (χ2v) is 10.6. The number of rotatable bonds is 7. The summed E-state index contributed by atoms with van der Waals surface area (Å²) in [4.78, 5) is 22.1. The number of carbonyl (C=O) groups is 1. The van der Waals surface area contributed by atoms with Crippen LogP contribution in [0, 0.1) is 6.10 Å². The van der Waals surface area contributed by atoms with Crippen LogP contribution < -0.4 is 5.19 Å². The third kappa shape index (κ3) is 3.68. The molecule has 22 heavy (non-hydrogen) atoms. The Morgan fingerprint density at radius 2 is 1.77 bits per heavy atom. The van der Waals surface area contributed by atoms with Gasteiger partial charge in [0.15, 0.2) is 0 Å². The molecule has 119 valence electrons. The molecule has 4 heteroatoms. The van der Waals surface area contributed by atoms with Crippen molar-refractivity contribution in [2.75, 3.05) is 0 Å². The van der Waals surface area contributed by atoms with Crippen molar-refractivity contribution in [2.24, 2.45) is 0 Å². The van der Waals surface area contributed by atoms with E-state index in [0.717, 1.165) is 43.9 Å². The van der Waals surface area contributed by atoms with Gasteiger partial charge in [0.1, 0.15) is 14.2 Å². The Labute approximate surface area is 134 Å². The molecule has 1 aromatic rings. The molecule has 1 aliphatic rings. The first-order valence-electron chi connectivity index (χ1n) is 8.13. The number of hydrogen-bond acceptors (Lipinski definition) is 3. The van der Waals surface area contributed by atoms with E-state index in [1.165, 1.54) is 5.19 Å². The molecular formula is C18H25O3Si. The molecule has 1 aliphatic carbocycles. The van der Waals surface area contributed by atoms with Crippen molar-refractivity contribution in [1.29, 1.82) is 0 Å². The Bertz CT molecular complexity index is 500. The van der Waals surface area contributed by atoms with Gasteiger partial charge in [0.25, 0.3) is 0 Å². The van der Waals surface area contributed by atoms with E-state index >= 15 is 0 Å². The first-order chi connectivity index (χ1) is 10.6. The van der Waals surface area contributed by atoms with Gasteiger partial charge < -0.3 is 0 Å². The molecule has 0 N–H and O–H groups in total.